The highest BCUT2D eigenvalue weighted by molar-refractivity contribution is 7.80. The van der Waals surface area contributed by atoms with Gasteiger partial charge in [0.05, 0.1) is 6.21 Å². The number of nitrogens with one attached hydrogen (secondary N) is 2. The molecular weight excluding hydrogens is 202 g/mol. The normalized spacial score (nSPS) is 10.2. The Labute approximate surface area is 86.9 Å². The van der Waals surface area contributed by atoms with Gasteiger partial charge in [-0.2, -0.15) is 16.4 Å². The van der Waals surface area contributed by atoms with Gasteiger partial charge in [-0.15, -0.1) is 0 Å². The molecule has 0 radical (unpaired) electrons. The summed E-state index contributed by atoms with van der Waals surface area (Å²) in [5.41, 5.74) is 3.80. The minimum Gasteiger partial charge on any atom is -0.362 e. The van der Waals surface area contributed by atoms with E-state index in [0.29, 0.717) is 5.11 Å². The van der Waals surface area contributed by atoms with Crippen LogP contribution in [0.1, 0.15) is 12.5 Å². The highest BCUT2D eigenvalue weighted by atomic mass is 32.1. The van der Waals surface area contributed by atoms with Gasteiger partial charge in [-0.3, -0.25) is 5.43 Å². The maximum Gasteiger partial charge on any atom is 0.186 e. The van der Waals surface area contributed by atoms with E-state index in [4.69, 9.17) is 12.2 Å². The summed E-state index contributed by atoms with van der Waals surface area (Å²) >= 11 is 6.56. The number of rotatable bonds is 3. The minimum absolute atomic E-state index is 0.550. The third kappa shape index (κ3) is 4.00. The predicted molar refractivity (Wildman–Crippen MR) is 61.3 cm³/mol. The van der Waals surface area contributed by atoms with E-state index in [9.17, 15) is 0 Å². The van der Waals surface area contributed by atoms with E-state index >= 15 is 0 Å². The lowest BCUT2D eigenvalue weighted by molar-refractivity contribution is 0.904. The molecule has 0 aliphatic heterocycles. The topological polar surface area (TPSA) is 36.4 Å². The average Bonchev–Trinajstić information content (AvgIpc) is 2.57. The van der Waals surface area contributed by atoms with Crippen LogP contribution < -0.4 is 10.7 Å². The minimum atomic E-state index is 0.550. The molecule has 0 unspecified atom stereocenters. The molecule has 0 saturated heterocycles. The summed E-state index contributed by atoms with van der Waals surface area (Å²) in [6.07, 6.45) is 1.74. The van der Waals surface area contributed by atoms with Crippen molar-refractivity contribution in [1.82, 2.24) is 10.7 Å². The number of thiophene rings is 1. The first kappa shape index (κ1) is 10.1. The molecule has 0 spiro atoms. The van der Waals surface area contributed by atoms with Crippen molar-refractivity contribution >= 4 is 34.9 Å². The molecule has 0 fully saturated rings. The second kappa shape index (κ2) is 5.66. The summed E-state index contributed by atoms with van der Waals surface area (Å²) < 4.78 is 0. The van der Waals surface area contributed by atoms with Gasteiger partial charge in [-0.25, -0.2) is 0 Å². The molecule has 3 nitrogen and oxygen atoms in total. The van der Waals surface area contributed by atoms with Crippen molar-refractivity contribution < 1.29 is 0 Å². The second-order valence-electron chi connectivity index (χ2n) is 2.29. The van der Waals surface area contributed by atoms with Crippen LogP contribution in [-0.2, 0) is 0 Å². The lowest BCUT2D eigenvalue weighted by Gasteiger charge is -2.01. The van der Waals surface area contributed by atoms with Gasteiger partial charge in [-0.05, 0) is 36.0 Å². The van der Waals surface area contributed by atoms with Crippen LogP contribution in [-0.4, -0.2) is 17.9 Å². The molecule has 13 heavy (non-hydrogen) atoms. The number of hydrogen-bond donors (Lipinski definition) is 2. The van der Waals surface area contributed by atoms with Crippen LogP contribution in [0, 0.1) is 0 Å². The Kier molecular flexibility index (Phi) is 4.42. The van der Waals surface area contributed by atoms with Gasteiger partial charge in [0, 0.05) is 12.1 Å². The first-order chi connectivity index (χ1) is 6.33. The molecule has 0 bridgehead atoms. The lowest BCUT2D eigenvalue weighted by atomic mass is 10.4. The van der Waals surface area contributed by atoms with Crippen molar-refractivity contribution in [3.8, 4) is 0 Å². The van der Waals surface area contributed by atoms with Crippen LogP contribution in [0.3, 0.4) is 0 Å². The lowest BCUT2D eigenvalue weighted by Crippen LogP contribution is -2.31. The van der Waals surface area contributed by atoms with Gasteiger partial charge in [0.2, 0.25) is 0 Å². The predicted octanol–water partition coefficient (Wildman–Crippen LogP) is 1.57. The third-order valence-corrected chi connectivity index (χ3v) is 2.20. The highest BCUT2D eigenvalue weighted by Crippen LogP contribution is 2.01. The van der Waals surface area contributed by atoms with Crippen molar-refractivity contribution in [3.05, 3.63) is 22.4 Å². The van der Waals surface area contributed by atoms with Crippen molar-refractivity contribution in [3.63, 3.8) is 0 Å². The Morgan fingerprint density at radius 3 is 3.23 bits per heavy atom. The Morgan fingerprint density at radius 2 is 2.62 bits per heavy atom. The summed E-state index contributed by atoms with van der Waals surface area (Å²) in [4.78, 5) is 0. The zero-order chi connectivity index (χ0) is 9.52. The van der Waals surface area contributed by atoms with Crippen LogP contribution in [0.25, 0.3) is 0 Å². The molecule has 5 heteroatoms. The Morgan fingerprint density at radius 1 is 1.77 bits per heavy atom. The summed E-state index contributed by atoms with van der Waals surface area (Å²) in [6.45, 7) is 2.79. The summed E-state index contributed by atoms with van der Waals surface area (Å²) in [7, 11) is 0. The van der Waals surface area contributed by atoms with Crippen molar-refractivity contribution in [2.75, 3.05) is 6.54 Å². The third-order valence-electron chi connectivity index (χ3n) is 1.26. The molecule has 1 heterocycles. The Bertz CT molecular complexity index is 280. The van der Waals surface area contributed by atoms with Crippen molar-refractivity contribution in [2.24, 2.45) is 5.10 Å². The van der Waals surface area contributed by atoms with E-state index in [2.05, 4.69) is 15.8 Å². The second-order valence-corrected chi connectivity index (χ2v) is 3.47. The highest BCUT2D eigenvalue weighted by Gasteiger charge is 1.88. The Hall–Kier alpha value is -0.940. The molecule has 70 valence electrons. The first-order valence-corrected chi connectivity index (χ1v) is 5.27. The monoisotopic (exact) mass is 213 g/mol. The van der Waals surface area contributed by atoms with Gasteiger partial charge < -0.3 is 5.32 Å². The zero-order valence-electron chi connectivity index (χ0n) is 7.28. The molecule has 0 amide bonds. The van der Waals surface area contributed by atoms with E-state index in [1.807, 2.05) is 23.8 Å². The van der Waals surface area contributed by atoms with Gasteiger partial charge in [0.15, 0.2) is 5.11 Å². The van der Waals surface area contributed by atoms with Crippen LogP contribution in [0.4, 0.5) is 0 Å². The maximum atomic E-state index is 4.91. The molecule has 1 aromatic rings. The van der Waals surface area contributed by atoms with E-state index in [-0.39, 0.29) is 0 Å². The molecule has 2 N–H and O–H groups in total. The van der Waals surface area contributed by atoms with E-state index in [0.717, 1.165) is 12.1 Å². The van der Waals surface area contributed by atoms with Crippen LogP contribution in [0.5, 0.6) is 0 Å². The number of nitrogens with zero attached hydrogens (tertiary/aromatic N) is 1. The molecule has 0 aromatic carbocycles. The molecule has 0 saturated carbocycles. The standard InChI is InChI=1S/C8H11N3S2/c1-2-9-8(12)11-10-5-7-3-4-13-6-7/h3-6H,2H2,1H3,(H2,9,11,12)/b10-5-. The quantitative estimate of drug-likeness (QED) is 0.454. The molecule has 1 aromatic heterocycles. The van der Waals surface area contributed by atoms with Gasteiger partial charge in [0.1, 0.15) is 0 Å². The van der Waals surface area contributed by atoms with E-state index in [1.54, 1.807) is 17.6 Å². The van der Waals surface area contributed by atoms with Crippen LogP contribution in [0.15, 0.2) is 21.9 Å². The van der Waals surface area contributed by atoms with E-state index < -0.39 is 0 Å². The molecule has 0 aliphatic rings. The first-order valence-electron chi connectivity index (χ1n) is 3.92. The number of thiocarbonyl (C=S) groups is 1. The Balaban J connectivity index is 2.30. The SMILES string of the molecule is CCNC(=S)N/N=C\c1ccsc1. The fraction of sp³-hybridized carbons (Fsp3) is 0.250. The molecular formula is C8H11N3S2. The smallest absolute Gasteiger partial charge is 0.186 e. The van der Waals surface area contributed by atoms with E-state index in [1.165, 1.54) is 0 Å². The average molecular weight is 213 g/mol. The largest absolute Gasteiger partial charge is 0.362 e. The van der Waals surface area contributed by atoms with Crippen LogP contribution >= 0.6 is 23.6 Å². The van der Waals surface area contributed by atoms with Crippen LogP contribution in [0.2, 0.25) is 0 Å². The molecule has 1 rings (SSSR count). The molecule has 0 aliphatic carbocycles. The van der Waals surface area contributed by atoms with Crippen molar-refractivity contribution in [2.45, 2.75) is 6.92 Å². The zero-order valence-corrected chi connectivity index (χ0v) is 8.91. The summed E-state index contributed by atoms with van der Waals surface area (Å²) in [5, 5.41) is 11.5. The van der Waals surface area contributed by atoms with Gasteiger partial charge >= 0.3 is 0 Å². The summed E-state index contributed by atoms with van der Waals surface area (Å²) in [6, 6.07) is 1.99. The number of hydrogen-bond acceptors (Lipinski definition) is 3. The van der Waals surface area contributed by atoms with Gasteiger partial charge in [0.25, 0.3) is 0 Å². The fourth-order valence-corrected chi connectivity index (χ4v) is 1.52. The summed E-state index contributed by atoms with van der Waals surface area (Å²) in [5.74, 6) is 0. The van der Waals surface area contributed by atoms with Crippen molar-refractivity contribution in [1.29, 1.82) is 0 Å². The maximum absolute atomic E-state index is 4.91. The molecule has 0 atom stereocenters. The fourth-order valence-electron chi connectivity index (χ4n) is 0.714. The number of hydrazone groups is 1. The van der Waals surface area contributed by atoms with Gasteiger partial charge in [-0.1, -0.05) is 0 Å².